The molecule has 2 aromatic carbocycles. The van der Waals surface area contributed by atoms with E-state index in [0.29, 0.717) is 5.82 Å². The summed E-state index contributed by atoms with van der Waals surface area (Å²) < 4.78 is 5.73. The fraction of sp³-hybridized carbons (Fsp3) is 0.368. The highest BCUT2D eigenvalue weighted by molar-refractivity contribution is 5.94. The molecule has 5 nitrogen and oxygen atoms in total. The zero-order valence-corrected chi connectivity index (χ0v) is 13.5. The first kappa shape index (κ1) is 14.1. The van der Waals surface area contributed by atoms with E-state index >= 15 is 0 Å². The maximum Gasteiger partial charge on any atom is 0.247 e. The third-order valence-electron chi connectivity index (χ3n) is 5.30. The molecule has 2 fully saturated rings. The molecule has 5 heteroatoms. The minimum atomic E-state index is -0.0159. The Kier molecular flexibility index (Phi) is 3.18. The Balaban J connectivity index is 1.53. The summed E-state index contributed by atoms with van der Waals surface area (Å²) in [5, 5.41) is 10.1. The Morgan fingerprint density at radius 3 is 2.62 bits per heavy atom. The van der Waals surface area contributed by atoms with Gasteiger partial charge in [0.1, 0.15) is 5.54 Å². The Labute approximate surface area is 140 Å². The molecule has 24 heavy (non-hydrogen) atoms. The van der Waals surface area contributed by atoms with Crippen molar-refractivity contribution >= 4 is 10.8 Å². The predicted octanol–water partition coefficient (Wildman–Crippen LogP) is 2.78. The standard InChI is InChI=1S/C19H20N4O/c1-2-6-15-14(4-1)5-3-7-16(15)17-21-18(24-22-17)19(8-9-19)23-12-10-20-11-13-23/h1-7,20H,8-13H2. The van der Waals surface area contributed by atoms with E-state index in [-0.39, 0.29) is 5.54 Å². The van der Waals surface area contributed by atoms with Gasteiger partial charge in [0.25, 0.3) is 0 Å². The van der Waals surface area contributed by atoms with Crippen molar-refractivity contribution in [2.45, 2.75) is 18.4 Å². The van der Waals surface area contributed by atoms with E-state index in [2.05, 4.69) is 57.8 Å². The van der Waals surface area contributed by atoms with Crippen LogP contribution < -0.4 is 5.32 Å². The fourth-order valence-corrected chi connectivity index (χ4v) is 3.82. The summed E-state index contributed by atoms with van der Waals surface area (Å²) in [5.74, 6) is 1.48. The first-order valence-electron chi connectivity index (χ1n) is 8.65. The zero-order valence-electron chi connectivity index (χ0n) is 13.5. The second-order valence-electron chi connectivity index (χ2n) is 6.72. The molecule has 3 aromatic rings. The summed E-state index contributed by atoms with van der Waals surface area (Å²) in [6.07, 6.45) is 2.23. The van der Waals surface area contributed by atoms with Gasteiger partial charge in [0.05, 0.1) is 0 Å². The van der Waals surface area contributed by atoms with Crippen LogP contribution in [0.3, 0.4) is 0 Å². The van der Waals surface area contributed by atoms with Gasteiger partial charge < -0.3 is 9.84 Å². The topological polar surface area (TPSA) is 54.2 Å². The smallest absolute Gasteiger partial charge is 0.247 e. The van der Waals surface area contributed by atoms with Crippen molar-refractivity contribution in [2.24, 2.45) is 0 Å². The molecule has 1 aromatic heterocycles. The summed E-state index contributed by atoms with van der Waals surface area (Å²) in [6, 6.07) is 14.6. The lowest BCUT2D eigenvalue weighted by atomic mass is 10.0. The molecule has 0 amide bonds. The minimum Gasteiger partial charge on any atom is -0.337 e. The Morgan fingerprint density at radius 2 is 1.79 bits per heavy atom. The number of hydrogen-bond donors (Lipinski definition) is 1. The highest BCUT2D eigenvalue weighted by Crippen LogP contribution is 2.50. The van der Waals surface area contributed by atoms with Gasteiger partial charge in [-0.2, -0.15) is 4.98 Å². The summed E-state index contributed by atoms with van der Waals surface area (Å²) in [4.78, 5) is 7.30. The molecule has 2 heterocycles. The molecule has 1 aliphatic heterocycles. The quantitative estimate of drug-likeness (QED) is 0.804. The normalized spacial score (nSPS) is 20.3. The van der Waals surface area contributed by atoms with Gasteiger partial charge in [0.2, 0.25) is 11.7 Å². The van der Waals surface area contributed by atoms with Crippen LogP contribution in [-0.4, -0.2) is 41.2 Å². The van der Waals surface area contributed by atoms with Crippen molar-refractivity contribution < 1.29 is 4.52 Å². The second-order valence-corrected chi connectivity index (χ2v) is 6.72. The SMILES string of the molecule is c1ccc2c(-c3noc(C4(N5CCNCC5)CC4)n3)cccc2c1. The van der Waals surface area contributed by atoms with Crippen molar-refractivity contribution in [1.29, 1.82) is 0 Å². The van der Waals surface area contributed by atoms with Crippen LogP contribution in [-0.2, 0) is 5.54 Å². The lowest BCUT2D eigenvalue weighted by molar-refractivity contribution is 0.123. The molecule has 1 saturated heterocycles. The molecule has 0 unspecified atom stereocenters. The van der Waals surface area contributed by atoms with Crippen molar-refractivity contribution in [3.05, 3.63) is 48.4 Å². The molecule has 0 radical (unpaired) electrons. The maximum atomic E-state index is 5.73. The van der Waals surface area contributed by atoms with Gasteiger partial charge in [-0.15, -0.1) is 0 Å². The van der Waals surface area contributed by atoms with Crippen molar-refractivity contribution in [2.75, 3.05) is 26.2 Å². The number of aromatic nitrogens is 2. The summed E-state index contributed by atoms with van der Waals surface area (Å²) >= 11 is 0. The first-order valence-corrected chi connectivity index (χ1v) is 8.65. The van der Waals surface area contributed by atoms with E-state index < -0.39 is 0 Å². The van der Waals surface area contributed by atoms with Crippen LogP contribution in [0.2, 0.25) is 0 Å². The molecule has 5 rings (SSSR count). The van der Waals surface area contributed by atoms with Crippen molar-refractivity contribution in [3.8, 4) is 11.4 Å². The Bertz CT molecular complexity index is 872. The Morgan fingerprint density at radius 1 is 1.00 bits per heavy atom. The molecule has 1 N–H and O–H groups in total. The van der Waals surface area contributed by atoms with Crippen LogP contribution in [0, 0.1) is 0 Å². The maximum absolute atomic E-state index is 5.73. The lowest BCUT2D eigenvalue weighted by Crippen LogP contribution is -2.48. The Hall–Kier alpha value is -2.24. The lowest BCUT2D eigenvalue weighted by Gasteiger charge is -2.32. The third-order valence-corrected chi connectivity index (χ3v) is 5.30. The van der Waals surface area contributed by atoms with Gasteiger partial charge >= 0.3 is 0 Å². The van der Waals surface area contributed by atoms with E-state index in [1.165, 1.54) is 10.8 Å². The molecule has 1 saturated carbocycles. The number of benzene rings is 2. The average Bonchev–Trinajstić information content (AvgIpc) is 3.32. The average molecular weight is 320 g/mol. The third kappa shape index (κ3) is 2.16. The number of rotatable bonds is 3. The number of hydrogen-bond acceptors (Lipinski definition) is 5. The molecule has 0 bridgehead atoms. The van der Waals surface area contributed by atoms with Gasteiger partial charge in [-0.25, -0.2) is 0 Å². The van der Waals surface area contributed by atoms with Gasteiger partial charge in [-0.1, -0.05) is 47.6 Å². The predicted molar refractivity (Wildman–Crippen MR) is 92.6 cm³/mol. The number of fused-ring (bicyclic) bond motifs is 1. The van der Waals surface area contributed by atoms with Crippen LogP contribution in [0.1, 0.15) is 18.7 Å². The number of nitrogens with zero attached hydrogens (tertiary/aromatic N) is 3. The van der Waals surface area contributed by atoms with Crippen LogP contribution in [0.25, 0.3) is 22.2 Å². The van der Waals surface area contributed by atoms with Gasteiger partial charge in [-0.05, 0) is 23.6 Å². The molecule has 1 aliphatic carbocycles. The van der Waals surface area contributed by atoms with Gasteiger partial charge in [-0.3, -0.25) is 4.90 Å². The summed E-state index contributed by atoms with van der Waals surface area (Å²) in [5.41, 5.74) is 1.02. The number of nitrogens with one attached hydrogen (secondary N) is 1. The van der Waals surface area contributed by atoms with E-state index in [0.717, 1.165) is 50.5 Å². The van der Waals surface area contributed by atoms with Gasteiger partial charge in [0.15, 0.2) is 0 Å². The molecule has 122 valence electrons. The minimum absolute atomic E-state index is 0.0159. The van der Waals surface area contributed by atoms with Crippen LogP contribution in [0.4, 0.5) is 0 Å². The monoisotopic (exact) mass is 320 g/mol. The van der Waals surface area contributed by atoms with Crippen LogP contribution >= 0.6 is 0 Å². The van der Waals surface area contributed by atoms with Crippen LogP contribution in [0.15, 0.2) is 47.0 Å². The highest BCUT2D eigenvalue weighted by atomic mass is 16.5. The highest BCUT2D eigenvalue weighted by Gasteiger charge is 2.54. The summed E-state index contributed by atoms with van der Waals surface area (Å²) in [7, 11) is 0. The molecule has 0 atom stereocenters. The van der Waals surface area contributed by atoms with E-state index in [1.807, 2.05) is 0 Å². The second kappa shape index (κ2) is 5.40. The fourth-order valence-electron chi connectivity index (χ4n) is 3.82. The van der Waals surface area contributed by atoms with Crippen molar-refractivity contribution in [1.82, 2.24) is 20.4 Å². The largest absolute Gasteiger partial charge is 0.337 e. The van der Waals surface area contributed by atoms with Crippen molar-refractivity contribution in [3.63, 3.8) is 0 Å². The molecular weight excluding hydrogens is 300 g/mol. The van der Waals surface area contributed by atoms with Gasteiger partial charge in [0, 0.05) is 31.7 Å². The number of piperazine rings is 1. The molecular formula is C19H20N4O. The van der Waals surface area contributed by atoms with Crippen LogP contribution in [0.5, 0.6) is 0 Å². The van der Waals surface area contributed by atoms with E-state index in [1.54, 1.807) is 0 Å². The van der Waals surface area contributed by atoms with E-state index in [9.17, 15) is 0 Å². The van der Waals surface area contributed by atoms with E-state index in [4.69, 9.17) is 9.51 Å². The first-order chi connectivity index (χ1) is 11.9. The molecule has 2 aliphatic rings. The molecule has 0 spiro atoms. The zero-order chi connectivity index (χ0) is 16.0. The summed E-state index contributed by atoms with van der Waals surface area (Å²) in [6.45, 7) is 4.16.